The number of piperidine rings is 1. The molecule has 33 heavy (non-hydrogen) atoms. The summed E-state index contributed by atoms with van der Waals surface area (Å²) in [5, 5.41) is 5.22. The number of primary sulfonamides is 1. The summed E-state index contributed by atoms with van der Waals surface area (Å²) in [7, 11) is -3.65. The van der Waals surface area contributed by atoms with Gasteiger partial charge in [-0.05, 0) is 59.7 Å². The van der Waals surface area contributed by atoms with Crippen LogP contribution in [0.5, 0.6) is 0 Å². The van der Waals surface area contributed by atoms with Crippen LogP contribution in [0.3, 0.4) is 0 Å². The highest BCUT2D eigenvalue weighted by Gasteiger charge is 2.29. The fourth-order valence-electron chi connectivity index (χ4n) is 5.38. The fourth-order valence-corrected chi connectivity index (χ4v) is 5.89. The Kier molecular flexibility index (Phi) is 6.23. The highest BCUT2D eigenvalue weighted by atomic mass is 32.2. The average molecular weight is 462 g/mol. The van der Waals surface area contributed by atoms with Gasteiger partial charge in [-0.15, -0.1) is 0 Å². The quantitative estimate of drug-likeness (QED) is 0.619. The van der Waals surface area contributed by atoms with Crippen LogP contribution in [0.2, 0.25) is 0 Å². The molecule has 2 N–H and O–H groups in total. The van der Waals surface area contributed by atoms with Crippen LogP contribution in [0.1, 0.15) is 35.4 Å². The summed E-state index contributed by atoms with van der Waals surface area (Å²) >= 11 is 0. The molecule has 2 aliphatic heterocycles. The Hall–Kier alpha value is -2.67. The Balaban J connectivity index is 1.23. The number of fused-ring (bicyclic) bond motifs is 1. The molecule has 3 aromatic rings. The molecule has 0 aromatic heterocycles. The summed E-state index contributed by atoms with van der Waals surface area (Å²) in [5.41, 5.74) is 5.38. The van der Waals surface area contributed by atoms with Crippen LogP contribution in [0.4, 0.5) is 5.69 Å². The number of hydrogen-bond donors (Lipinski definition) is 1. The van der Waals surface area contributed by atoms with Crippen molar-refractivity contribution in [3.8, 4) is 0 Å². The van der Waals surface area contributed by atoms with Gasteiger partial charge in [0.2, 0.25) is 10.0 Å². The minimum Gasteiger partial charge on any atom is -0.372 e. The Morgan fingerprint density at radius 3 is 2.21 bits per heavy atom. The molecule has 0 saturated carbocycles. The number of rotatable bonds is 5. The fraction of sp³-hybridized carbons (Fsp3) is 0.333. The minimum absolute atomic E-state index is 0.166. The third-order valence-corrected chi connectivity index (χ3v) is 8.06. The number of hydrogen-bond acceptors (Lipinski definition) is 4. The lowest BCUT2D eigenvalue weighted by Crippen LogP contribution is -2.41. The van der Waals surface area contributed by atoms with Crippen LogP contribution in [0, 0.1) is 5.92 Å². The van der Waals surface area contributed by atoms with Crippen LogP contribution in [0.25, 0.3) is 0 Å². The average Bonchev–Trinajstić information content (AvgIpc) is 2.84. The first kappa shape index (κ1) is 22.1. The summed E-state index contributed by atoms with van der Waals surface area (Å²) in [6.45, 7) is 5.19. The molecule has 1 fully saturated rings. The maximum atomic E-state index is 11.5. The summed E-state index contributed by atoms with van der Waals surface area (Å²) < 4.78 is 23.0. The highest BCUT2D eigenvalue weighted by molar-refractivity contribution is 7.89. The van der Waals surface area contributed by atoms with Gasteiger partial charge in [-0.2, -0.15) is 0 Å². The number of benzene rings is 3. The molecule has 0 spiro atoms. The van der Waals surface area contributed by atoms with E-state index in [9.17, 15) is 8.42 Å². The minimum atomic E-state index is -3.65. The maximum Gasteiger partial charge on any atom is 0.238 e. The molecule has 0 bridgehead atoms. The zero-order valence-electron chi connectivity index (χ0n) is 18.8. The maximum absolute atomic E-state index is 11.5. The van der Waals surface area contributed by atoms with Gasteiger partial charge in [-0.25, -0.2) is 13.6 Å². The van der Waals surface area contributed by atoms with Crippen molar-refractivity contribution in [1.82, 2.24) is 4.90 Å². The van der Waals surface area contributed by atoms with Crippen LogP contribution in [-0.2, 0) is 16.6 Å². The molecule has 5 nitrogen and oxygen atoms in total. The Morgan fingerprint density at radius 1 is 0.848 bits per heavy atom. The first-order valence-electron chi connectivity index (χ1n) is 11.7. The van der Waals surface area contributed by atoms with Crippen molar-refractivity contribution >= 4 is 15.7 Å². The summed E-state index contributed by atoms with van der Waals surface area (Å²) in [4.78, 5) is 5.16. The third-order valence-electron chi connectivity index (χ3n) is 7.13. The molecule has 172 valence electrons. The van der Waals surface area contributed by atoms with E-state index in [4.69, 9.17) is 5.14 Å². The first-order valence-corrected chi connectivity index (χ1v) is 13.2. The zero-order chi connectivity index (χ0) is 22.8. The number of anilines is 1. The lowest BCUT2D eigenvalue weighted by Gasteiger charge is -2.39. The largest absolute Gasteiger partial charge is 0.372 e. The Morgan fingerprint density at radius 2 is 1.52 bits per heavy atom. The SMILES string of the molecule is NS(=O)(=O)c1ccc(N2CCC(CN3Cc4ccccc4C(c4ccccc4)C3)CC2)cc1. The molecule has 0 aliphatic carbocycles. The van der Waals surface area contributed by atoms with E-state index in [1.165, 1.54) is 16.7 Å². The lowest BCUT2D eigenvalue weighted by molar-refractivity contribution is 0.187. The predicted octanol–water partition coefficient (Wildman–Crippen LogP) is 4.20. The van der Waals surface area contributed by atoms with Gasteiger partial charge in [-0.3, -0.25) is 4.90 Å². The van der Waals surface area contributed by atoms with Crippen LogP contribution < -0.4 is 10.0 Å². The zero-order valence-corrected chi connectivity index (χ0v) is 19.6. The van der Waals surface area contributed by atoms with Crippen molar-refractivity contribution in [3.05, 3.63) is 95.6 Å². The molecule has 0 radical (unpaired) electrons. The van der Waals surface area contributed by atoms with E-state index in [2.05, 4.69) is 64.4 Å². The van der Waals surface area contributed by atoms with Gasteiger partial charge < -0.3 is 4.90 Å². The van der Waals surface area contributed by atoms with Gasteiger partial charge in [0.1, 0.15) is 0 Å². The van der Waals surface area contributed by atoms with Crippen molar-refractivity contribution in [2.75, 3.05) is 31.1 Å². The Labute approximate surface area is 196 Å². The molecule has 2 aliphatic rings. The van der Waals surface area contributed by atoms with Gasteiger partial charge in [0.15, 0.2) is 0 Å². The molecular weight excluding hydrogens is 430 g/mol. The number of nitrogens with zero attached hydrogens (tertiary/aromatic N) is 2. The second-order valence-corrected chi connectivity index (χ2v) is 10.9. The van der Waals surface area contributed by atoms with E-state index in [0.29, 0.717) is 11.8 Å². The number of sulfonamides is 1. The van der Waals surface area contributed by atoms with Crippen molar-refractivity contribution in [1.29, 1.82) is 0 Å². The van der Waals surface area contributed by atoms with Crippen molar-refractivity contribution in [3.63, 3.8) is 0 Å². The van der Waals surface area contributed by atoms with Gasteiger partial charge in [0.05, 0.1) is 4.90 Å². The molecule has 5 rings (SSSR count). The second-order valence-electron chi connectivity index (χ2n) is 9.33. The van der Waals surface area contributed by atoms with E-state index in [1.54, 1.807) is 12.1 Å². The highest BCUT2D eigenvalue weighted by Crippen LogP contribution is 2.34. The van der Waals surface area contributed by atoms with Gasteiger partial charge in [0.25, 0.3) is 0 Å². The second kappa shape index (κ2) is 9.29. The van der Waals surface area contributed by atoms with Crippen molar-refractivity contribution in [2.24, 2.45) is 11.1 Å². The lowest BCUT2D eigenvalue weighted by atomic mass is 9.84. The van der Waals surface area contributed by atoms with Gasteiger partial charge >= 0.3 is 0 Å². The van der Waals surface area contributed by atoms with Crippen LogP contribution in [0.15, 0.2) is 83.8 Å². The summed E-state index contributed by atoms with van der Waals surface area (Å²) in [6, 6.07) is 26.7. The van der Waals surface area contributed by atoms with E-state index in [0.717, 1.165) is 51.3 Å². The standard InChI is InChI=1S/C27H31N3O2S/c28-33(31,32)25-12-10-24(11-13-25)30-16-14-21(15-17-30)18-29-19-23-8-4-5-9-26(23)27(20-29)22-6-2-1-3-7-22/h1-13,21,27H,14-20H2,(H2,28,31,32). The third kappa shape index (κ3) is 4.98. The smallest absolute Gasteiger partial charge is 0.238 e. The molecule has 1 unspecified atom stereocenters. The topological polar surface area (TPSA) is 66.6 Å². The number of nitrogens with two attached hydrogens (primary N) is 1. The first-order chi connectivity index (χ1) is 16.0. The van der Waals surface area contributed by atoms with Crippen molar-refractivity contribution in [2.45, 2.75) is 30.2 Å². The predicted molar refractivity (Wildman–Crippen MR) is 133 cm³/mol. The van der Waals surface area contributed by atoms with E-state index >= 15 is 0 Å². The molecule has 6 heteroatoms. The van der Waals surface area contributed by atoms with Gasteiger partial charge in [0, 0.05) is 44.3 Å². The Bertz CT molecular complexity index is 1190. The molecule has 2 heterocycles. The van der Waals surface area contributed by atoms with Crippen LogP contribution >= 0.6 is 0 Å². The molecule has 1 saturated heterocycles. The van der Waals surface area contributed by atoms with E-state index in [-0.39, 0.29) is 4.90 Å². The molecule has 3 aromatic carbocycles. The monoisotopic (exact) mass is 461 g/mol. The van der Waals surface area contributed by atoms with Crippen LogP contribution in [-0.4, -0.2) is 39.5 Å². The van der Waals surface area contributed by atoms with E-state index < -0.39 is 10.0 Å². The molecular formula is C27H31N3O2S. The van der Waals surface area contributed by atoms with E-state index in [1.807, 2.05) is 12.1 Å². The normalized spacial score (nSPS) is 19.9. The van der Waals surface area contributed by atoms with Crippen molar-refractivity contribution < 1.29 is 8.42 Å². The molecule has 0 amide bonds. The van der Waals surface area contributed by atoms with Gasteiger partial charge in [-0.1, -0.05) is 54.6 Å². The summed E-state index contributed by atoms with van der Waals surface area (Å²) in [6.07, 6.45) is 2.29. The summed E-state index contributed by atoms with van der Waals surface area (Å²) in [5.74, 6) is 1.10. The molecule has 1 atom stereocenters.